The summed E-state index contributed by atoms with van der Waals surface area (Å²) in [6.45, 7) is 5.27. The highest BCUT2D eigenvalue weighted by atomic mass is 35.5. The number of aldehydes is 1. The third-order valence-electron chi connectivity index (χ3n) is 3.32. The molecule has 1 aromatic rings. The molecule has 1 aromatic heterocycles. The van der Waals surface area contributed by atoms with Crippen LogP contribution in [-0.2, 0) is 0 Å². The smallest absolute Gasteiger partial charge is 0.156 e. The second kappa shape index (κ2) is 5.00. The van der Waals surface area contributed by atoms with Gasteiger partial charge in [0.2, 0.25) is 0 Å². The fourth-order valence-corrected chi connectivity index (χ4v) is 2.45. The van der Waals surface area contributed by atoms with Crippen molar-refractivity contribution in [2.24, 2.45) is 5.92 Å². The minimum absolute atomic E-state index is 0.232. The van der Waals surface area contributed by atoms with Crippen molar-refractivity contribution >= 4 is 23.7 Å². The van der Waals surface area contributed by atoms with Crippen molar-refractivity contribution in [1.82, 2.24) is 9.97 Å². The molecule has 5 heteroatoms. The maximum Gasteiger partial charge on any atom is 0.156 e. The van der Waals surface area contributed by atoms with Gasteiger partial charge >= 0.3 is 0 Å². The fourth-order valence-electron chi connectivity index (χ4n) is 2.28. The molecule has 2 atom stereocenters. The van der Waals surface area contributed by atoms with Gasteiger partial charge in [0.15, 0.2) is 6.29 Å². The van der Waals surface area contributed by atoms with Crippen LogP contribution in [0.2, 0.25) is 5.15 Å². The second-order valence-corrected chi connectivity index (χ2v) is 5.06. The van der Waals surface area contributed by atoms with Gasteiger partial charge in [-0.1, -0.05) is 18.5 Å². The average molecular weight is 254 g/mol. The number of halogens is 1. The summed E-state index contributed by atoms with van der Waals surface area (Å²) in [5.41, 5.74) is 0.398. The Hall–Kier alpha value is -1.16. The van der Waals surface area contributed by atoms with E-state index in [9.17, 15) is 4.79 Å². The van der Waals surface area contributed by atoms with Crippen LogP contribution in [0.5, 0.6) is 0 Å². The van der Waals surface area contributed by atoms with Crippen LogP contribution in [0.1, 0.15) is 37.0 Å². The van der Waals surface area contributed by atoms with Crippen LogP contribution in [0, 0.1) is 5.92 Å². The Bertz CT molecular complexity index is 424. The van der Waals surface area contributed by atoms with Gasteiger partial charge in [0.05, 0.1) is 5.56 Å². The number of rotatable bonds is 2. The van der Waals surface area contributed by atoms with Crippen LogP contribution < -0.4 is 4.90 Å². The molecule has 0 amide bonds. The lowest BCUT2D eigenvalue weighted by Gasteiger charge is -2.38. The lowest BCUT2D eigenvalue weighted by atomic mass is 9.95. The molecule has 17 heavy (non-hydrogen) atoms. The highest BCUT2D eigenvalue weighted by molar-refractivity contribution is 6.32. The first-order valence-electron chi connectivity index (χ1n) is 5.85. The van der Waals surface area contributed by atoms with Crippen molar-refractivity contribution in [2.75, 3.05) is 11.4 Å². The van der Waals surface area contributed by atoms with E-state index in [4.69, 9.17) is 11.6 Å². The molecule has 0 radical (unpaired) electrons. The molecule has 1 aliphatic heterocycles. The van der Waals surface area contributed by atoms with E-state index < -0.39 is 0 Å². The van der Waals surface area contributed by atoms with Gasteiger partial charge in [0.25, 0.3) is 0 Å². The van der Waals surface area contributed by atoms with Crippen LogP contribution in [0.4, 0.5) is 5.82 Å². The highest BCUT2D eigenvalue weighted by Gasteiger charge is 2.26. The molecule has 4 nitrogen and oxygen atoms in total. The molecule has 1 saturated heterocycles. The van der Waals surface area contributed by atoms with Crippen LogP contribution in [0.3, 0.4) is 0 Å². The Kier molecular flexibility index (Phi) is 3.62. The zero-order valence-corrected chi connectivity index (χ0v) is 10.8. The summed E-state index contributed by atoms with van der Waals surface area (Å²) in [7, 11) is 0. The molecule has 1 fully saturated rings. The summed E-state index contributed by atoms with van der Waals surface area (Å²) in [6, 6.07) is 0.385. The van der Waals surface area contributed by atoms with E-state index in [2.05, 4.69) is 28.7 Å². The number of aromatic nitrogens is 2. The summed E-state index contributed by atoms with van der Waals surface area (Å²) in [4.78, 5) is 21.3. The lowest BCUT2D eigenvalue weighted by molar-refractivity contribution is 0.112. The number of hydrogen-bond donors (Lipinski definition) is 0. The van der Waals surface area contributed by atoms with Crippen molar-refractivity contribution in [2.45, 2.75) is 32.7 Å². The van der Waals surface area contributed by atoms with Gasteiger partial charge in [-0.2, -0.15) is 0 Å². The second-order valence-electron chi connectivity index (χ2n) is 4.70. The molecular formula is C12H16ClN3O. The lowest BCUT2D eigenvalue weighted by Crippen LogP contribution is -2.42. The molecule has 2 unspecified atom stereocenters. The topological polar surface area (TPSA) is 46.1 Å². The van der Waals surface area contributed by atoms with E-state index in [1.165, 1.54) is 12.7 Å². The van der Waals surface area contributed by atoms with Crippen molar-refractivity contribution in [3.63, 3.8) is 0 Å². The first-order chi connectivity index (χ1) is 8.13. The molecule has 0 aromatic carbocycles. The number of anilines is 1. The van der Waals surface area contributed by atoms with E-state index in [-0.39, 0.29) is 5.15 Å². The van der Waals surface area contributed by atoms with Gasteiger partial charge in [0.1, 0.15) is 17.3 Å². The van der Waals surface area contributed by atoms with E-state index in [1.54, 1.807) is 0 Å². The molecule has 2 heterocycles. The van der Waals surface area contributed by atoms with Gasteiger partial charge in [-0.3, -0.25) is 4.79 Å². The predicted octanol–water partition coefficient (Wildman–Crippen LogP) is 2.57. The number of hydrogen-bond acceptors (Lipinski definition) is 4. The minimum Gasteiger partial charge on any atom is -0.353 e. The molecule has 0 aliphatic carbocycles. The van der Waals surface area contributed by atoms with Crippen LogP contribution in [0.15, 0.2) is 6.33 Å². The van der Waals surface area contributed by atoms with Crippen LogP contribution >= 0.6 is 11.6 Å². The maximum absolute atomic E-state index is 11.1. The fraction of sp³-hybridized carbons (Fsp3) is 0.583. The summed E-state index contributed by atoms with van der Waals surface area (Å²) in [6.07, 6.45) is 4.48. The molecule has 1 aliphatic rings. The van der Waals surface area contributed by atoms with Gasteiger partial charge < -0.3 is 4.90 Å². The number of carbonyl (C=O) groups excluding carboxylic acids is 1. The standard InChI is InChI=1S/C12H16ClN3O/c1-8-3-4-9(2)16(5-8)12-10(6-17)11(13)14-7-15-12/h6-9H,3-5H2,1-2H3. The van der Waals surface area contributed by atoms with Crippen LogP contribution in [0.25, 0.3) is 0 Å². The summed E-state index contributed by atoms with van der Waals surface area (Å²) >= 11 is 5.92. The monoisotopic (exact) mass is 253 g/mol. The number of carbonyl (C=O) groups is 1. The molecule has 0 bridgehead atoms. The third kappa shape index (κ3) is 2.41. The largest absolute Gasteiger partial charge is 0.353 e. The summed E-state index contributed by atoms with van der Waals surface area (Å²) < 4.78 is 0. The summed E-state index contributed by atoms with van der Waals surface area (Å²) in [5, 5.41) is 0.232. The molecule has 0 spiro atoms. The number of nitrogens with zero attached hydrogens (tertiary/aromatic N) is 3. The van der Waals surface area contributed by atoms with Crippen molar-refractivity contribution in [3.05, 3.63) is 17.0 Å². The first kappa shape index (κ1) is 12.3. The van der Waals surface area contributed by atoms with Crippen molar-refractivity contribution in [3.8, 4) is 0 Å². The number of piperidine rings is 1. The Labute approximate surface area is 106 Å². The van der Waals surface area contributed by atoms with E-state index in [0.29, 0.717) is 23.3 Å². The maximum atomic E-state index is 11.1. The predicted molar refractivity (Wildman–Crippen MR) is 67.6 cm³/mol. The van der Waals surface area contributed by atoms with Crippen LogP contribution in [-0.4, -0.2) is 28.8 Å². The zero-order chi connectivity index (χ0) is 12.4. The van der Waals surface area contributed by atoms with E-state index >= 15 is 0 Å². The van der Waals surface area contributed by atoms with E-state index in [0.717, 1.165) is 19.3 Å². The summed E-state index contributed by atoms with van der Waals surface area (Å²) in [5.74, 6) is 1.28. The third-order valence-corrected chi connectivity index (χ3v) is 3.62. The Morgan fingerprint density at radius 2 is 2.18 bits per heavy atom. The highest BCUT2D eigenvalue weighted by Crippen LogP contribution is 2.29. The van der Waals surface area contributed by atoms with Gasteiger partial charge in [-0.05, 0) is 25.7 Å². The molecule has 0 N–H and O–H groups in total. The quantitative estimate of drug-likeness (QED) is 0.600. The van der Waals surface area contributed by atoms with Crippen molar-refractivity contribution < 1.29 is 4.79 Å². The SMILES string of the molecule is CC1CCC(C)N(c2ncnc(Cl)c2C=O)C1. The molecule has 92 valence electrons. The first-order valence-corrected chi connectivity index (χ1v) is 6.23. The normalized spacial score (nSPS) is 24.8. The van der Waals surface area contributed by atoms with E-state index in [1.807, 2.05) is 0 Å². The van der Waals surface area contributed by atoms with Gasteiger partial charge in [-0.15, -0.1) is 0 Å². The molecule has 0 saturated carbocycles. The van der Waals surface area contributed by atoms with Crippen molar-refractivity contribution in [1.29, 1.82) is 0 Å². The Morgan fingerprint density at radius 3 is 2.88 bits per heavy atom. The Balaban J connectivity index is 2.38. The minimum atomic E-state index is 0.232. The average Bonchev–Trinajstić information content (AvgIpc) is 2.32. The zero-order valence-electron chi connectivity index (χ0n) is 10.1. The van der Waals surface area contributed by atoms with Gasteiger partial charge in [-0.25, -0.2) is 9.97 Å². The van der Waals surface area contributed by atoms with Gasteiger partial charge in [0, 0.05) is 12.6 Å². The Morgan fingerprint density at radius 1 is 1.41 bits per heavy atom. The molecule has 2 rings (SSSR count). The molecular weight excluding hydrogens is 238 g/mol.